The average Bonchev–Trinajstić information content (AvgIpc) is 2.72. The van der Waals surface area contributed by atoms with E-state index in [1.165, 1.54) is 12.1 Å². The van der Waals surface area contributed by atoms with E-state index < -0.39 is 21.9 Å². The summed E-state index contributed by atoms with van der Waals surface area (Å²) in [7, 11) is -3.17. The highest BCUT2D eigenvalue weighted by molar-refractivity contribution is 7.89. The second kappa shape index (κ2) is 8.84. The summed E-state index contributed by atoms with van der Waals surface area (Å²) in [5.74, 6) is -1.09. The molecule has 5 nitrogen and oxygen atoms in total. The molecule has 0 aromatic heterocycles. The Morgan fingerprint density at radius 1 is 0.793 bits per heavy atom. The maximum atomic E-state index is 13.0. The van der Waals surface area contributed by atoms with Gasteiger partial charge in [0.1, 0.15) is 0 Å². The van der Waals surface area contributed by atoms with Gasteiger partial charge in [-0.3, -0.25) is 4.79 Å². The smallest absolute Gasteiger partial charge is 0.339 e. The van der Waals surface area contributed by atoms with E-state index in [1.807, 2.05) is 6.07 Å². The molecule has 0 aliphatic heterocycles. The van der Waals surface area contributed by atoms with Crippen LogP contribution in [0, 0.1) is 0 Å². The molecule has 0 radical (unpaired) electrons. The molecule has 3 rings (SSSR count). The van der Waals surface area contributed by atoms with Crippen molar-refractivity contribution in [3.05, 3.63) is 107 Å². The number of esters is 1. The first-order valence-electron chi connectivity index (χ1n) is 8.95. The lowest BCUT2D eigenvalue weighted by molar-refractivity contribution is 0.0280. The van der Waals surface area contributed by atoms with Crippen LogP contribution in [-0.2, 0) is 20.3 Å². The summed E-state index contributed by atoms with van der Waals surface area (Å²) in [5, 5.41) is 0. The second-order valence-electron chi connectivity index (χ2n) is 6.69. The fraction of sp³-hybridized carbons (Fsp3) is 0.130. The molecule has 0 heterocycles. The third kappa shape index (κ3) is 5.62. The van der Waals surface area contributed by atoms with Crippen molar-refractivity contribution in [2.75, 3.05) is 6.26 Å². The van der Waals surface area contributed by atoms with Gasteiger partial charge in [0.25, 0.3) is 0 Å². The molecule has 0 saturated carbocycles. The van der Waals surface area contributed by atoms with Gasteiger partial charge in [0.2, 0.25) is 5.78 Å². The van der Waals surface area contributed by atoms with Crippen molar-refractivity contribution < 1.29 is 22.7 Å². The van der Waals surface area contributed by atoms with Gasteiger partial charge >= 0.3 is 5.97 Å². The maximum absolute atomic E-state index is 13.0. The van der Waals surface area contributed by atoms with Crippen molar-refractivity contribution in [2.24, 2.45) is 0 Å². The summed E-state index contributed by atoms with van der Waals surface area (Å²) < 4.78 is 28.4. The molecule has 1 atom stereocenters. The number of ketones is 1. The molecule has 0 N–H and O–H groups in total. The predicted octanol–water partition coefficient (Wildman–Crippen LogP) is 4.01. The summed E-state index contributed by atoms with van der Waals surface area (Å²) in [6.07, 6.45) is 0.0660. The number of hydrogen-bond donors (Lipinski definition) is 0. The summed E-state index contributed by atoms with van der Waals surface area (Å²) in [6, 6.07) is 23.6. The summed E-state index contributed by atoms with van der Waals surface area (Å²) >= 11 is 0. The van der Waals surface area contributed by atoms with Crippen LogP contribution >= 0.6 is 0 Å². The fourth-order valence-electron chi connectivity index (χ4n) is 2.87. The summed E-state index contributed by atoms with van der Waals surface area (Å²) in [6.45, 7) is 0. The number of ether oxygens (including phenoxy) is 1. The Balaban J connectivity index is 1.84. The molecular weight excluding hydrogens is 388 g/mol. The molecule has 3 aromatic carbocycles. The Morgan fingerprint density at radius 3 is 1.90 bits per heavy atom. The lowest BCUT2D eigenvalue weighted by Crippen LogP contribution is -2.20. The number of hydrogen-bond acceptors (Lipinski definition) is 5. The van der Waals surface area contributed by atoms with E-state index in [0.29, 0.717) is 16.7 Å². The molecule has 0 unspecified atom stereocenters. The molecule has 0 saturated heterocycles. The van der Waals surface area contributed by atoms with Gasteiger partial charge in [-0.2, -0.15) is 0 Å². The Hall–Kier alpha value is -3.25. The quantitative estimate of drug-likeness (QED) is 0.436. The molecule has 0 aliphatic carbocycles. The van der Waals surface area contributed by atoms with Crippen LogP contribution < -0.4 is 0 Å². The first kappa shape index (κ1) is 20.5. The number of carbonyl (C=O) groups excluding carboxylic acids is 2. The van der Waals surface area contributed by atoms with Gasteiger partial charge in [0.05, 0.1) is 11.3 Å². The van der Waals surface area contributed by atoms with Gasteiger partial charge in [-0.25, -0.2) is 13.2 Å². The third-order valence-corrected chi connectivity index (χ3v) is 5.10. The standard InChI is InChI=1S/C23H20O5S/c1-29(26,27)16-17-12-14-20(15-13-17)23(25)28-22(19-10-6-3-7-11-19)21(24)18-8-4-2-5-9-18/h2-15,22H,16H2,1H3/t22-/m0/s1. The maximum Gasteiger partial charge on any atom is 0.339 e. The van der Waals surface area contributed by atoms with Crippen LogP contribution in [0.4, 0.5) is 0 Å². The van der Waals surface area contributed by atoms with Gasteiger partial charge in [-0.05, 0) is 17.7 Å². The lowest BCUT2D eigenvalue weighted by Gasteiger charge is -2.17. The van der Waals surface area contributed by atoms with Crippen LogP contribution in [0.15, 0.2) is 84.9 Å². The van der Waals surface area contributed by atoms with Crippen molar-refractivity contribution >= 4 is 21.6 Å². The first-order valence-corrected chi connectivity index (χ1v) is 11.0. The zero-order chi connectivity index (χ0) is 20.9. The molecule has 29 heavy (non-hydrogen) atoms. The van der Waals surface area contributed by atoms with E-state index >= 15 is 0 Å². The monoisotopic (exact) mass is 408 g/mol. The van der Waals surface area contributed by atoms with E-state index in [0.717, 1.165) is 6.26 Å². The molecule has 0 amide bonds. The van der Waals surface area contributed by atoms with E-state index in [-0.39, 0.29) is 17.1 Å². The number of rotatable bonds is 7. The average molecular weight is 408 g/mol. The van der Waals surface area contributed by atoms with Crippen molar-refractivity contribution in [1.82, 2.24) is 0 Å². The molecule has 6 heteroatoms. The summed E-state index contributed by atoms with van der Waals surface area (Å²) in [4.78, 5) is 25.6. The molecule has 3 aromatic rings. The van der Waals surface area contributed by atoms with Gasteiger partial charge in [-0.1, -0.05) is 72.8 Å². The van der Waals surface area contributed by atoms with Crippen LogP contribution in [-0.4, -0.2) is 26.4 Å². The van der Waals surface area contributed by atoms with Crippen LogP contribution in [0.5, 0.6) is 0 Å². The van der Waals surface area contributed by atoms with Gasteiger partial charge < -0.3 is 4.74 Å². The number of carbonyl (C=O) groups is 2. The zero-order valence-electron chi connectivity index (χ0n) is 15.8. The minimum absolute atomic E-state index is 0.110. The molecular formula is C23H20O5S. The van der Waals surface area contributed by atoms with Crippen molar-refractivity contribution in [2.45, 2.75) is 11.9 Å². The van der Waals surface area contributed by atoms with Gasteiger partial charge in [0.15, 0.2) is 15.9 Å². The van der Waals surface area contributed by atoms with Crippen molar-refractivity contribution in [3.8, 4) is 0 Å². The van der Waals surface area contributed by atoms with Crippen LogP contribution in [0.25, 0.3) is 0 Å². The highest BCUT2D eigenvalue weighted by Crippen LogP contribution is 2.24. The predicted molar refractivity (Wildman–Crippen MR) is 110 cm³/mol. The lowest BCUT2D eigenvalue weighted by atomic mass is 9.99. The van der Waals surface area contributed by atoms with Crippen LogP contribution in [0.2, 0.25) is 0 Å². The Bertz CT molecular complexity index is 1090. The van der Waals surface area contributed by atoms with Gasteiger partial charge in [-0.15, -0.1) is 0 Å². The summed E-state index contributed by atoms with van der Waals surface area (Å²) in [5.41, 5.74) is 1.83. The number of Topliss-reactive ketones (excluding diaryl/α,β-unsaturated/α-hetero) is 1. The Labute approximate surface area is 169 Å². The first-order chi connectivity index (χ1) is 13.8. The van der Waals surface area contributed by atoms with E-state index in [4.69, 9.17) is 4.74 Å². The number of sulfone groups is 1. The molecule has 0 aliphatic rings. The Morgan fingerprint density at radius 2 is 1.34 bits per heavy atom. The Kier molecular flexibility index (Phi) is 6.24. The second-order valence-corrected chi connectivity index (χ2v) is 8.83. The van der Waals surface area contributed by atoms with Gasteiger partial charge in [0, 0.05) is 17.4 Å². The van der Waals surface area contributed by atoms with Crippen LogP contribution in [0.3, 0.4) is 0 Å². The molecule has 0 bridgehead atoms. The van der Waals surface area contributed by atoms with Crippen molar-refractivity contribution in [3.63, 3.8) is 0 Å². The normalized spacial score (nSPS) is 12.2. The number of benzene rings is 3. The van der Waals surface area contributed by atoms with E-state index in [9.17, 15) is 18.0 Å². The molecule has 0 spiro atoms. The largest absolute Gasteiger partial charge is 0.445 e. The van der Waals surface area contributed by atoms with Crippen LogP contribution in [0.1, 0.15) is 37.9 Å². The minimum atomic E-state index is -3.17. The van der Waals surface area contributed by atoms with E-state index in [2.05, 4.69) is 0 Å². The minimum Gasteiger partial charge on any atom is -0.445 e. The topological polar surface area (TPSA) is 77.5 Å². The zero-order valence-corrected chi connectivity index (χ0v) is 16.6. The highest BCUT2D eigenvalue weighted by atomic mass is 32.2. The fourth-order valence-corrected chi connectivity index (χ4v) is 3.67. The molecule has 148 valence electrons. The van der Waals surface area contributed by atoms with Crippen molar-refractivity contribution in [1.29, 1.82) is 0 Å². The third-order valence-electron chi connectivity index (χ3n) is 4.24. The SMILES string of the molecule is CS(=O)(=O)Cc1ccc(C(=O)O[C@H](C(=O)c2ccccc2)c2ccccc2)cc1. The highest BCUT2D eigenvalue weighted by Gasteiger charge is 2.26. The van der Waals surface area contributed by atoms with E-state index in [1.54, 1.807) is 66.7 Å². The molecule has 0 fully saturated rings.